The second-order valence-electron chi connectivity index (χ2n) is 7.69. The number of halogens is 3. The standard InChI is InChI=1S/C22H25F2NO4.ClH/c23-15-3-7-19-13(9-15)1-5-21(28-19)17(26)11-25-12-18(27)22-6-2-14-10-16(24)4-8-20(14)29-22;/h3-4,7-10,17-18,21-22,25-27H,1-2,5-6,11-12H2;1H/p-1/t17-,18-,21-,22+;/m1./s1. The van der Waals surface area contributed by atoms with E-state index in [1.807, 2.05) is 0 Å². The summed E-state index contributed by atoms with van der Waals surface area (Å²) in [6, 6.07) is 8.79. The highest BCUT2D eigenvalue weighted by Gasteiger charge is 2.29. The fraction of sp³-hybridized carbons (Fsp3) is 0.455. The first-order valence-corrected chi connectivity index (χ1v) is 9.96. The molecule has 2 aromatic carbocycles. The molecule has 0 spiro atoms. The zero-order chi connectivity index (χ0) is 20.4. The average Bonchev–Trinajstić information content (AvgIpc) is 2.72. The van der Waals surface area contributed by atoms with Crippen LogP contribution < -0.4 is 27.2 Å². The largest absolute Gasteiger partial charge is 1.00 e. The van der Waals surface area contributed by atoms with E-state index < -0.39 is 12.2 Å². The van der Waals surface area contributed by atoms with Gasteiger partial charge in [0.2, 0.25) is 0 Å². The van der Waals surface area contributed by atoms with E-state index in [0.29, 0.717) is 37.2 Å². The Bertz CT molecular complexity index is 800. The first-order chi connectivity index (χ1) is 14.0. The number of nitrogens with one attached hydrogen (secondary N) is 1. The van der Waals surface area contributed by atoms with Crippen molar-refractivity contribution < 1.29 is 40.9 Å². The second-order valence-corrected chi connectivity index (χ2v) is 7.69. The Balaban J connectivity index is 0.00000256. The quantitative estimate of drug-likeness (QED) is 0.558. The fourth-order valence-electron chi connectivity index (χ4n) is 3.94. The SMILES string of the molecule is O[C@H](CNC[C@@H](O)[C@H]1CCc2cc(F)ccc2O1)[C@@H]1CCc2cc(F)ccc2O1.[Cl-]. The van der Waals surface area contributed by atoms with Gasteiger partial charge < -0.3 is 37.4 Å². The Morgan fingerprint density at radius 2 is 1.27 bits per heavy atom. The molecule has 5 nitrogen and oxygen atoms in total. The van der Waals surface area contributed by atoms with Gasteiger partial charge in [-0.25, -0.2) is 8.78 Å². The minimum absolute atomic E-state index is 0. The lowest BCUT2D eigenvalue weighted by Gasteiger charge is -2.31. The third-order valence-electron chi connectivity index (χ3n) is 5.56. The van der Waals surface area contributed by atoms with E-state index in [4.69, 9.17) is 9.47 Å². The maximum Gasteiger partial charge on any atom is 0.126 e. The number of ether oxygens (including phenoxy) is 2. The second kappa shape index (κ2) is 9.92. The van der Waals surface area contributed by atoms with Crippen LogP contribution in [-0.2, 0) is 12.8 Å². The number of aliphatic hydroxyl groups excluding tert-OH is 2. The van der Waals surface area contributed by atoms with Crippen molar-refractivity contribution >= 4 is 0 Å². The third kappa shape index (κ3) is 5.21. The van der Waals surface area contributed by atoms with Crippen molar-refractivity contribution in [2.75, 3.05) is 13.1 Å². The minimum atomic E-state index is -0.753. The van der Waals surface area contributed by atoms with Gasteiger partial charge in [0.15, 0.2) is 0 Å². The Morgan fingerprint density at radius 1 is 0.833 bits per heavy atom. The van der Waals surface area contributed by atoms with Crippen molar-refractivity contribution in [1.82, 2.24) is 5.32 Å². The summed E-state index contributed by atoms with van der Waals surface area (Å²) in [6.45, 7) is 0.513. The van der Waals surface area contributed by atoms with E-state index in [9.17, 15) is 19.0 Å². The van der Waals surface area contributed by atoms with E-state index >= 15 is 0 Å². The molecular formula is C22H25ClF2NO4-. The summed E-state index contributed by atoms with van der Waals surface area (Å²) in [4.78, 5) is 0. The molecule has 30 heavy (non-hydrogen) atoms. The molecule has 4 rings (SSSR count). The lowest BCUT2D eigenvalue weighted by Crippen LogP contribution is -3.00. The van der Waals surface area contributed by atoms with Gasteiger partial charge in [0, 0.05) is 13.1 Å². The van der Waals surface area contributed by atoms with Crippen molar-refractivity contribution in [3.8, 4) is 11.5 Å². The van der Waals surface area contributed by atoms with Gasteiger partial charge in [-0.3, -0.25) is 0 Å². The highest BCUT2D eigenvalue weighted by molar-refractivity contribution is 5.36. The van der Waals surface area contributed by atoms with Crippen molar-refractivity contribution in [3.05, 3.63) is 59.2 Å². The normalized spacial score (nSPS) is 21.9. The van der Waals surface area contributed by atoms with Gasteiger partial charge in [0.1, 0.15) is 47.5 Å². The lowest BCUT2D eigenvalue weighted by atomic mass is 9.98. The number of hydrogen-bond acceptors (Lipinski definition) is 5. The van der Waals surface area contributed by atoms with Gasteiger partial charge in [-0.2, -0.15) is 0 Å². The summed E-state index contributed by atoms with van der Waals surface area (Å²) in [5, 5.41) is 23.9. The maximum atomic E-state index is 13.3. The van der Waals surface area contributed by atoms with Gasteiger partial charge in [0.25, 0.3) is 0 Å². The van der Waals surface area contributed by atoms with E-state index in [-0.39, 0.29) is 49.3 Å². The highest BCUT2D eigenvalue weighted by Crippen LogP contribution is 2.30. The molecule has 164 valence electrons. The molecule has 0 radical (unpaired) electrons. The molecule has 3 N–H and O–H groups in total. The van der Waals surface area contributed by atoms with Crippen molar-refractivity contribution in [2.45, 2.75) is 50.1 Å². The average molecular weight is 441 g/mol. The number of hydrogen-bond donors (Lipinski definition) is 3. The van der Waals surface area contributed by atoms with E-state index in [2.05, 4.69) is 5.32 Å². The Morgan fingerprint density at radius 3 is 1.70 bits per heavy atom. The van der Waals surface area contributed by atoms with Gasteiger partial charge >= 0.3 is 0 Å². The van der Waals surface area contributed by atoms with Gasteiger partial charge in [-0.05, 0) is 73.2 Å². The van der Waals surface area contributed by atoms with Gasteiger partial charge in [-0.15, -0.1) is 0 Å². The summed E-state index contributed by atoms with van der Waals surface area (Å²) >= 11 is 0. The molecule has 2 aliphatic rings. The summed E-state index contributed by atoms with van der Waals surface area (Å²) in [6.07, 6.45) is 0.214. The molecule has 4 atom stereocenters. The molecule has 2 heterocycles. The first-order valence-electron chi connectivity index (χ1n) is 9.96. The van der Waals surface area contributed by atoms with E-state index in [1.54, 1.807) is 12.1 Å². The van der Waals surface area contributed by atoms with Crippen molar-refractivity contribution in [1.29, 1.82) is 0 Å². The zero-order valence-corrected chi connectivity index (χ0v) is 17.1. The summed E-state index contributed by atoms with van der Waals surface area (Å²) < 4.78 is 38.2. The van der Waals surface area contributed by atoms with Gasteiger partial charge in [-0.1, -0.05) is 0 Å². The summed E-state index contributed by atoms with van der Waals surface area (Å²) in [5.41, 5.74) is 1.62. The van der Waals surface area contributed by atoms with Crippen LogP contribution in [0, 0.1) is 11.6 Å². The monoisotopic (exact) mass is 440 g/mol. The molecule has 0 saturated heterocycles. The number of fused-ring (bicyclic) bond motifs is 2. The van der Waals surface area contributed by atoms with E-state index in [1.165, 1.54) is 24.3 Å². The van der Waals surface area contributed by atoms with Crippen molar-refractivity contribution in [3.63, 3.8) is 0 Å². The molecule has 0 bridgehead atoms. The number of aliphatic hydroxyl groups is 2. The summed E-state index contributed by atoms with van der Waals surface area (Å²) in [5.74, 6) is 0.624. The Kier molecular flexibility index (Phi) is 7.52. The molecule has 0 aromatic heterocycles. The number of rotatable bonds is 6. The number of aryl methyl sites for hydroxylation is 2. The van der Waals surface area contributed by atoms with Crippen LogP contribution in [0.4, 0.5) is 8.78 Å². The van der Waals surface area contributed by atoms with Crippen LogP contribution in [0.25, 0.3) is 0 Å². The molecular weight excluding hydrogens is 416 g/mol. The maximum absolute atomic E-state index is 13.3. The third-order valence-corrected chi connectivity index (χ3v) is 5.56. The number of benzene rings is 2. The van der Waals surface area contributed by atoms with Crippen LogP contribution in [0.3, 0.4) is 0 Å². The predicted octanol–water partition coefficient (Wildman–Crippen LogP) is -0.632. The molecule has 2 aliphatic heterocycles. The molecule has 2 aromatic rings. The molecule has 0 unspecified atom stereocenters. The highest BCUT2D eigenvalue weighted by atomic mass is 35.5. The van der Waals surface area contributed by atoms with Gasteiger partial charge in [0.05, 0.1) is 0 Å². The molecule has 0 fully saturated rings. The van der Waals surface area contributed by atoms with Crippen LogP contribution in [0.15, 0.2) is 36.4 Å². The molecule has 0 saturated carbocycles. The van der Waals surface area contributed by atoms with Crippen LogP contribution >= 0.6 is 0 Å². The van der Waals surface area contributed by atoms with Crippen LogP contribution in [0.1, 0.15) is 24.0 Å². The molecule has 0 aliphatic carbocycles. The van der Waals surface area contributed by atoms with Crippen LogP contribution in [0.5, 0.6) is 11.5 Å². The molecule has 0 amide bonds. The smallest absolute Gasteiger partial charge is 0.126 e. The lowest BCUT2D eigenvalue weighted by molar-refractivity contribution is -0.0000135. The summed E-state index contributed by atoms with van der Waals surface area (Å²) in [7, 11) is 0. The van der Waals surface area contributed by atoms with Crippen LogP contribution in [-0.4, -0.2) is 47.7 Å². The van der Waals surface area contributed by atoms with Crippen molar-refractivity contribution in [2.24, 2.45) is 0 Å². The van der Waals surface area contributed by atoms with E-state index in [0.717, 1.165) is 11.1 Å². The fourth-order valence-corrected chi connectivity index (χ4v) is 3.94. The predicted molar refractivity (Wildman–Crippen MR) is 103 cm³/mol. The Labute approximate surface area is 180 Å². The zero-order valence-electron chi connectivity index (χ0n) is 16.4. The molecule has 8 heteroatoms. The minimum Gasteiger partial charge on any atom is -1.00 e. The first kappa shape index (κ1) is 22.7. The van der Waals surface area contributed by atoms with Crippen LogP contribution in [0.2, 0.25) is 0 Å². The topological polar surface area (TPSA) is 71.0 Å². The Hall–Kier alpha value is -1.93.